The predicted molar refractivity (Wildman–Crippen MR) is 343 cm³/mol. The lowest BCUT2D eigenvalue weighted by molar-refractivity contribution is 0.767. The zero-order valence-corrected chi connectivity index (χ0v) is 48.3. The molecule has 2 heteroatoms. The molecular formula is C74H75PS. The molecule has 0 bridgehead atoms. The third-order valence-corrected chi connectivity index (χ3v) is 15.4. The van der Waals surface area contributed by atoms with Crippen LogP contribution < -0.4 is 5.30 Å². The van der Waals surface area contributed by atoms with Gasteiger partial charge in [0.15, 0.2) is 0 Å². The molecule has 10 aromatic carbocycles. The topological polar surface area (TPSA) is 0 Å². The molecule has 0 aliphatic heterocycles. The zero-order valence-electron chi connectivity index (χ0n) is 46.4. The molecule has 0 fully saturated rings. The fourth-order valence-corrected chi connectivity index (χ4v) is 11.6. The summed E-state index contributed by atoms with van der Waals surface area (Å²) in [7, 11) is 2.66. The molecule has 0 spiro atoms. The summed E-state index contributed by atoms with van der Waals surface area (Å²) in [6.07, 6.45) is 6.23. The van der Waals surface area contributed by atoms with E-state index in [1.54, 1.807) is 0 Å². The van der Waals surface area contributed by atoms with E-state index in [9.17, 15) is 0 Å². The Hall–Kier alpha value is -7.41. The minimum atomic E-state index is -0.325. The van der Waals surface area contributed by atoms with Gasteiger partial charge in [-0.3, -0.25) is 0 Å². The van der Waals surface area contributed by atoms with Crippen molar-refractivity contribution in [3.8, 4) is 11.1 Å². The Labute approximate surface area is 461 Å². The Morgan fingerprint density at radius 3 is 1.59 bits per heavy atom. The lowest BCUT2D eigenvalue weighted by atomic mass is 9.67. The highest BCUT2D eigenvalue weighted by Gasteiger charge is 2.46. The molecule has 76 heavy (non-hydrogen) atoms. The van der Waals surface area contributed by atoms with Crippen molar-refractivity contribution in [2.75, 3.05) is 0 Å². The minimum Gasteiger partial charge on any atom is -0.135 e. The number of fused-ring (bicyclic) bond motifs is 7. The Bertz CT molecular complexity index is 3610. The second-order valence-electron chi connectivity index (χ2n) is 19.6. The predicted octanol–water partition coefficient (Wildman–Crippen LogP) is 21.2. The minimum absolute atomic E-state index is 0.325. The van der Waals surface area contributed by atoms with Gasteiger partial charge in [-0.05, 0) is 142 Å². The van der Waals surface area contributed by atoms with Gasteiger partial charge in [-0.15, -0.1) is 20.6 Å². The zero-order chi connectivity index (χ0) is 54.2. The van der Waals surface area contributed by atoms with Crippen molar-refractivity contribution in [2.24, 2.45) is 0 Å². The Morgan fingerprint density at radius 2 is 1.04 bits per heavy atom. The first-order chi connectivity index (χ1) is 36.9. The van der Waals surface area contributed by atoms with Crippen molar-refractivity contribution in [3.05, 3.63) is 303 Å². The van der Waals surface area contributed by atoms with E-state index in [4.69, 9.17) is 0 Å². The van der Waals surface area contributed by atoms with Gasteiger partial charge in [-0.2, -0.15) is 0 Å². The number of allylic oxidation sites excluding steroid dienone is 1. The largest absolute Gasteiger partial charge is 0.135 e. The highest BCUT2D eigenvalue weighted by atomic mass is 32.1. The smallest absolute Gasteiger partial charge is 0.0713 e. The van der Waals surface area contributed by atoms with E-state index < -0.39 is 0 Å². The lowest BCUT2D eigenvalue weighted by Crippen LogP contribution is -2.28. The highest BCUT2D eigenvalue weighted by molar-refractivity contribution is 7.27. The third kappa shape index (κ3) is 12.8. The first kappa shape index (κ1) is 56.3. The number of thiophene rings is 1. The molecule has 11 aromatic rings. The summed E-state index contributed by atoms with van der Waals surface area (Å²) in [5.74, 6) is 0.574. The number of rotatable bonds is 5. The Kier molecular flexibility index (Phi) is 19.9. The normalized spacial score (nSPS) is 11.6. The van der Waals surface area contributed by atoms with Crippen molar-refractivity contribution in [1.82, 2.24) is 0 Å². The van der Waals surface area contributed by atoms with Crippen LogP contribution in [0.15, 0.2) is 237 Å². The fourth-order valence-electron chi connectivity index (χ4n) is 10.2. The average Bonchev–Trinajstić information content (AvgIpc) is 4.07. The quantitative estimate of drug-likeness (QED) is 0.151. The van der Waals surface area contributed by atoms with Gasteiger partial charge in [0.05, 0.1) is 5.41 Å². The first-order valence-corrected chi connectivity index (χ1v) is 28.2. The molecule has 0 nitrogen and oxygen atoms in total. The average molecular weight is 1030 g/mol. The van der Waals surface area contributed by atoms with Gasteiger partial charge in [-0.25, -0.2) is 0 Å². The first-order valence-electron chi connectivity index (χ1n) is 26.8. The van der Waals surface area contributed by atoms with Crippen molar-refractivity contribution >= 4 is 69.7 Å². The van der Waals surface area contributed by atoms with Gasteiger partial charge in [0.25, 0.3) is 0 Å². The van der Waals surface area contributed by atoms with Gasteiger partial charge in [0.2, 0.25) is 0 Å². The van der Waals surface area contributed by atoms with Gasteiger partial charge >= 0.3 is 0 Å². The molecule has 1 atom stereocenters. The van der Waals surface area contributed by atoms with Gasteiger partial charge in [0, 0.05) is 15.0 Å². The maximum absolute atomic E-state index is 3.90. The van der Waals surface area contributed by atoms with E-state index in [-0.39, 0.29) is 5.41 Å². The second-order valence-corrected chi connectivity index (χ2v) is 21.3. The van der Waals surface area contributed by atoms with E-state index >= 15 is 0 Å². The maximum atomic E-state index is 3.90. The van der Waals surface area contributed by atoms with E-state index in [2.05, 4.69) is 290 Å². The second kappa shape index (κ2) is 26.9. The summed E-state index contributed by atoms with van der Waals surface area (Å²) in [5.41, 5.74) is 17.1. The molecule has 1 unspecified atom stereocenters. The Balaban J connectivity index is 0.000000156. The monoisotopic (exact) mass is 1030 g/mol. The van der Waals surface area contributed by atoms with E-state index in [0.29, 0.717) is 5.92 Å². The van der Waals surface area contributed by atoms with Crippen molar-refractivity contribution < 1.29 is 0 Å². The van der Waals surface area contributed by atoms with Crippen molar-refractivity contribution in [3.63, 3.8) is 0 Å². The van der Waals surface area contributed by atoms with Crippen LogP contribution in [0.5, 0.6) is 0 Å². The van der Waals surface area contributed by atoms with E-state index in [1.165, 1.54) is 114 Å². The van der Waals surface area contributed by atoms with Crippen LogP contribution in [0, 0.1) is 34.6 Å². The Morgan fingerprint density at radius 1 is 0.487 bits per heavy atom. The lowest BCUT2D eigenvalue weighted by Gasteiger charge is -2.34. The molecule has 1 aliphatic rings. The molecule has 0 saturated carbocycles. The van der Waals surface area contributed by atoms with Crippen molar-refractivity contribution in [2.45, 2.75) is 80.6 Å². The molecule has 1 aliphatic carbocycles. The molecule has 1 aromatic heterocycles. The summed E-state index contributed by atoms with van der Waals surface area (Å²) in [6.45, 7) is 25.2. The molecule has 1 heterocycles. The molecular weight excluding hydrogens is 952 g/mol. The van der Waals surface area contributed by atoms with Crippen LogP contribution in [0.25, 0.3) is 54.9 Å². The summed E-state index contributed by atoms with van der Waals surface area (Å²) >= 11 is 1.81. The van der Waals surface area contributed by atoms with E-state index in [0.717, 1.165) is 0 Å². The third-order valence-electron chi connectivity index (χ3n) is 13.9. The standard InChI is InChI=1S/C31H24.C16H18S.C11H10.C7H9P.C7H8.C2H6/c1-21-17-18-27-28(19-21)31(23-11-5-3-6-12-23,24-13-7-4-8-14-24)29-20-22(2)25-15-9-10-16-26(25)30(27)29;1-5-7-13-14-10-12(11(3)4)8-9-16(14)17-15(13)6-2;1-9-5-4-7-10-6-2-3-8-11(9)10;1-6-3-2-4-7(8)5-6;1-7-5-3-2-4-6-7;1-2/h3-20H,1-2H3;5-11H,2H2,1,3-4H3;2-8H,1H3;2-5H,8H2,1H3;2-6H,1H3;1-2H3/b;7-5-;;;;. The highest BCUT2D eigenvalue weighted by Crippen LogP contribution is 2.58. The van der Waals surface area contributed by atoms with Crippen LogP contribution in [0.1, 0.15) is 107 Å². The SMILES string of the molecule is C=Cc1sc2ccc(C(C)C)cc2c1/C=C\C.CC.Cc1ccc2c(c1)C(c1ccccc1)(c1ccccc1)c1cc(C)c3ccccc3c1-2.Cc1cccc(P)c1.Cc1cccc2ccccc12.Cc1ccccc1. The van der Waals surface area contributed by atoms with Crippen LogP contribution in [0.3, 0.4) is 0 Å². The van der Waals surface area contributed by atoms with E-state index in [1.807, 2.05) is 49.5 Å². The molecule has 382 valence electrons. The van der Waals surface area contributed by atoms with Crippen LogP contribution in [0.2, 0.25) is 0 Å². The van der Waals surface area contributed by atoms with Crippen LogP contribution in [-0.4, -0.2) is 0 Å². The number of hydrogen-bond acceptors (Lipinski definition) is 1. The summed E-state index contributed by atoms with van der Waals surface area (Å²) < 4.78 is 1.34. The summed E-state index contributed by atoms with van der Waals surface area (Å²) in [4.78, 5) is 1.26. The van der Waals surface area contributed by atoms with Gasteiger partial charge in [-0.1, -0.05) is 282 Å². The van der Waals surface area contributed by atoms with Gasteiger partial charge < -0.3 is 0 Å². The maximum Gasteiger partial charge on any atom is 0.0713 e. The molecule has 12 rings (SSSR count). The molecule has 0 amide bonds. The van der Waals surface area contributed by atoms with Gasteiger partial charge in [0.1, 0.15) is 0 Å². The molecule has 0 saturated heterocycles. The number of benzene rings is 10. The number of aryl methyl sites for hydroxylation is 5. The molecule has 0 N–H and O–H groups in total. The number of hydrogen-bond donors (Lipinski definition) is 0. The molecule has 0 radical (unpaired) electrons. The fraction of sp³-hybridized carbons (Fsp3) is 0.162. The summed E-state index contributed by atoms with van der Waals surface area (Å²) in [5, 5.41) is 7.97. The van der Waals surface area contributed by atoms with Crippen LogP contribution >= 0.6 is 20.6 Å². The summed E-state index contributed by atoms with van der Waals surface area (Å²) in [6, 6.07) is 80.6. The van der Waals surface area contributed by atoms with Crippen LogP contribution in [0.4, 0.5) is 0 Å². The van der Waals surface area contributed by atoms with Crippen molar-refractivity contribution in [1.29, 1.82) is 0 Å². The van der Waals surface area contributed by atoms with Crippen LogP contribution in [-0.2, 0) is 5.41 Å².